The van der Waals surface area contributed by atoms with Gasteiger partial charge in [-0.25, -0.2) is 0 Å². The van der Waals surface area contributed by atoms with Crippen LogP contribution in [0.25, 0.3) is 17.4 Å². The van der Waals surface area contributed by atoms with Gasteiger partial charge in [0.25, 0.3) is 5.91 Å². The molecule has 0 radical (unpaired) electrons. The van der Waals surface area contributed by atoms with E-state index >= 15 is 0 Å². The lowest BCUT2D eigenvalue weighted by molar-refractivity contribution is -0.112. The minimum Gasteiger partial charge on any atom is -0.457 e. The van der Waals surface area contributed by atoms with E-state index < -0.39 is 5.91 Å². The minimum absolute atomic E-state index is 0.0666. The van der Waals surface area contributed by atoms with Crippen LogP contribution < -0.4 is 5.32 Å². The Morgan fingerprint density at radius 3 is 2.81 bits per heavy atom. The van der Waals surface area contributed by atoms with Crippen molar-refractivity contribution in [1.29, 1.82) is 5.26 Å². The summed E-state index contributed by atoms with van der Waals surface area (Å²) < 4.78 is 7.56. The molecule has 0 bridgehead atoms. The summed E-state index contributed by atoms with van der Waals surface area (Å²) in [4.78, 5) is 16.2. The van der Waals surface area contributed by atoms with Crippen molar-refractivity contribution >= 4 is 49.5 Å². The Balaban J connectivity index is 1.84. The number of benzene rings is 1. The Morgan fingerprint density at radius 1 is 1.23 bits per heavy atom. The topological polar surface area (TPSA) is 78.9 Å². The van der Waals surface area contributed by atoms with Gasteiger partial charge in [-0.3, -0.25) is 9.78 Å². The normalized spacial score (nSPS) is 11.0. The Labute approximate surface area is 166 Å². The lowest BCUT2D eigenvalue weighted by Crippen LogP contribution is -2.13. The third kappa shape index (κ3) is 4.28. The van der Waals surface area contributed by atoms with Crippen molar-refractivity contribution in [3.8, 4) is 17.4 Å². The highest BCUT2D eigenvalue weighted by molar-refractivity contribution is 9.11. The Hall–Kier alpha value is -2.69. The molecule has 0 aliphatic rings. The molecular formula is C19H11Br2N3O2. The first-order chi connectivity index (χ1) is 12.6. The fourth-order valence-corrected chi connectivity index (χ4v) is 2.99. The summed E-state index contributed by atoms with van der Waals surface area (Å²) in [6.07, 6.45) is 4.50. The van der Waals surface area contributed by atoms with Crippen molar-refractivity contribution in [2.75, 3.05) is 5.32 Å². The van der Waals surface area contributed by atoms with Gasteiger partial charge in [0.05, 0.1) is 11.9 Å². The van der Waals surface area contributed by atoms with Gasteiger partial charge < -0.3 is 9.73 Å². The van der Waals surface area contributed by atoms with E-state index in [0.717, 1.165) is 14.5 Å². The van der Waals surface area contributed by atoms with Crippen LogP contribution in [0, 0.1) is 11.3 Å². The molecule has 26 heavy (non-hydrogen) atoms. The summed E-state index contributed by atoms with van der Waals surface area (Å²) in [5, 5.41) is 11.9. The molecule has 3 aromatic rings. The lowest BCUT2D eigenvalue weighted by atomic mass is 10.2. The number of hydrogen-bond donors (Lipinski definition) is 1. The van der Waals surface area contributed by atoms with Gasteiger partial charge in [0.15, 0.2) is 0 Å². The molecule has 0 saturated heterocycles. The predicted molar refractivity (Wildman–Crippen MR) is 106 cm³/mol. The minimum atomic E-state index is -0.526. The molecule has 1 aromatic carbocycles. The summed E-state index contributed by atoms with van der Waals surface area (Å²) in [6.45, 7) is 0. The van der Waals surface area contributed by atoms with Crippen molar-refractivity contribution in [1.82, 2.24) is 4.98 Å². The molecule has 7 heteroatoms. The second-order valence-electron chi connectivity index (χ2n) is 5.19. The highest BCUT2D eigenvalue weighted by atomic mass is 79.9. The molecule has 0 aliphatic heterocycles. The zero-order chi connectivity index (χ0) is 18.5. The van der Waals surface area contributed by atoms with Gasteiger partial charge in [-0.05, 0) is 42.5 Å². The van der Waals surface area contributed by atoms with Crippen LogP contribution >= 0.6 is 31.9 Å². The largest absolute Gasteiger partial charge is 0.457 e. The first kappa shape index (κ1) is 18.1. The number of nitrogens with zero attached hydrogens (tertiary/aromatic N) is 2. The molecule has 2 heterocycles. The van der Waals surface area contributed by atoms with Gasteiger partial charge in [-0.15, -0.1) is 0 Å². The second-order valence-corrected chi connectivity index (χ2v) is 6.96. The van der Waals surface area contributed by atoms with E-state index in [1.807, 2.05) is 24.3 Å². The molecule has 128 valence electrons. The summed E-state index contributed by atoms with van der Waals surface area (Å²) >= 11 is 6.91. The summed E-state index contributed by atoms with van der Waals surface area (Å²) in [6, 6.07) is 14.5. The fraction of sp³-hybridized carbons (Fsp3) is 0. The van der Waals surface area contributed by atoms with Crippen LogP contribution in [0.5, 0.6) is 0 Å². The zero-order valence-corrected chi connectivity index (χ0v) is 16.4. The number of furan rings is 1. The van der Waals surface area contributed by atoms with Gasteiger partial charge in [-0.2, -0.15) is 5.26 Å². The standard InChI is InChI=1S/C19H11Br2N3O2/c20-13-3-5-17(21)16(9-13)18-6-4-15(26-18)8-12(10-22)19(25)24-14-2-1-7-23-11-14/h1-9,11H,(H,24,25)/b12-8+. The van der Waals surface area contributed by atoms with Gasteiger partial charge in [0.2, 0.25) is 0 Å². The van der Waals surface area contributed by atoms with Crippen LogP contribution in [-0.2, 0) is 4.79 Å². The molecule has 1 N–H and O–H groups in total. The number of pyridine rings is 1. The van der Waals surface area contributed by atoms with Gasteiger partial charge >= 0.3 is 0 Å². The summed E-state index contributed by atoms with van der Waals surface area (Å²) in [7, 11) is 0. The van der Waals surface area contributed by atoms with Crippen molar-refractivity contribution < 1.29 is 9.21 Å². The zero-order valence-electron chi connectivity index (χ0n) is 13.2. The highest BCUT2D eigenvalue weighted by Gasteiger charge is 2.12. The first-order valence-electron chi connectivity index (χ1n) is 7.45. The third-order valence-electron chi connectivity index (χ3n) is 3.39. The maximum absolute atomic E-state index is 12.2. The number of aromatic nitrogens is 1. The number of nitrogens with one attached hydrogen (secondary N) is 1. The van der Waals surface area contributed by atoms with Gasteiger partial charge in [-0.1, -0.05) is 31.9 Å². The average Bonchev–Trinajstić information content (AvgIpc) is 3.11. The smallest absolute Gasteiger partial charge is 0.266 e. The molecule has 0 atom stereocenters. The maximum Gasteiger partial charge on any atom is 0.266 e. The Kier molecular flexibility index (Phi) is 5.66. The fourth-order valence-electron chi connectivity index (χ4n) is 2.19. The van der Waals surface area contributed by atoms with Gasteiger partial charge in [0, 0.05) is 26.8 Å². The van der Waals surface area contributed by atoms with Gasteiger partial charge in [0.1, 0.15) is 23.2 Å². The number of carbonyl (C=O) groups excluding carboxylic acids is 1. The number of anilines is 1. The number of carbonyl (C=O) groups is 1. The van der Waals surface area contributed by atoms with Crippen LogP contribution in [0.1, 0.15) is 5.76 Å². The number of halogens is 2. The molecule has 0 unspecified atom stereocenters. The molecule has 0 aliphatic carbocycles. The van der Waals surface area contributed by atoms with Crippen molar-refractivity contribution in [2.45, 2.75) is 0 Å². The van der Waals surface area contributed by atoms with E-state index in [0.29, 0.717) is 17.2 Å². The number of hydrogen-bond acceptors (Lipinski definition) is 4. The first-order valence-corrected chi connectivity index (χ1v) is 9.04. The van der Waals surface area contributed by atoms with E-state index in [1.54, 1.807) is 30.5 Å². The SMILES string of the molecule is N#C/C(=C\c1ccc(-c2cc(Br)ccc2Br)o1)C(=O)Nc1cccnc1. The van der Waals surface area contributed by atoms with Crippen LogP contribution in [0.3, 0.4) is 0 Å². The molecule has 2 aromatic heterocycles. The number of rotatable bonds is 4. The van der Waals surface area contributed by atoms with E-state index in [9.17, 15) is 10.1 Å². The van der Waals surface area contributed by atoms with E-state index in [-0.39, 0.29) is 5.57 Å². The maximum atomic E-state index is 12.2. The van der Waals surface area contributed by atoms with Crippen LogP contribution in [0.2, 0.25) is 0 Å². The number of amides is 1. The van der Waals surface area contributed by atoms with E-state index in [1.165, 1.54) is 12.3 Å². The molecule has 0 fully saturated rings. The Bertz CT molecular complexity index is 1020. The molecular weight excluding hydrogens is 462 g/mol. The van der Waals surface area contributed by atoms with Crippen molar-refractivity contribution in [3.05, 3.63) is 75.1 Å². The quantitative estimate of drug-likeness (QED) is 0.406. The van der Waals surface area contributed by atoms with Crippen LogP contribution in [0.15, 0.2) is 73.8 Å². The number of nitriles is 1. The van der Waals surface area contributed by atoms with Crippen molar-refractivity contribution in [2.24, 2.45) is 0 Å². The van der Waals surface area contributed by atoms with Crippen molar-refractivity contribution in [3.63, 3.8) is 0 Å². The van der Waals surface area contributed by atoms with E-state index in [4.69, 9.17) is 4.42 Å². The van der Waals surface area contributed by atoms with Crippen LogP contribution in [-0.4, -0.2) is 10.9 Å². The average molecular weight is 473 g/mol. The molecule has 3 rings (SSSR count). The lowest BCUT2D eigenvalue weighted by Gasteiger charge is -2.03. The second kappa shape index (κ2) is 8.13. The monoisotopic (exact) mass is 471 g/mol. The summed E-state index contributed by atoms with van der Waals surface area (Å²) in [5.74, 6) is 0.501. The Morgan fingerprint density at radius 2 is 2.08 bits per heavy atom. The van der Waals surface area contributed by atoms with E-state index in [2.05, 4.69) is 42.2 Å². The molecule has 5 nitrogen and oxygen atoms in total. The molecule has 0 saturated carbocycles. The summed E-state index contributed by atoms with van der Waals surface area (Å²) in [5.41, 5.74) is 1.30. The van der Waals surface area contributed by atoms with Crippen LogP contribution in [0.4, 0.5) is 5.69 Å². The third-order valence-corrected chi connectivity index (χ3v) is 4.58. The highest BCUT2D eigenvalue weighted by Crippen LogP contribution is 2.32. The predicted octanol–water partition coefficient (Wildman–Crippen LogP) is 5.41. The molecule has 0 spiro atoms. The molecule has 1 amide bonds.